The Hall–Kier alpha value is -2.12. The first-order valence-electron chi connectivity index (χ1n) is 6.55. The van der Waals surface area contributed by atoms with Crippen molar-refractivity contribution in [2.45, 2.75) is 19.3 Å². The van der Waals surface area contributed by atoms with E-state index in [-0.39, 0.29) is 25.6 Å². The molecule has 8 heteroatoms. The molecule has 2 rings (SSSR count). The Balaban J connectivity index is 1.84. The van der Waals surface area contributed by atoms with Gasteiger partial charge in [-0.3, -0.25) is 19.7 Å². The van der Waals surface area contributed by atoms with Crippen molar-refractivity contribution in [3.8, 4) is 0 Å². The van der Waals surface area contributed by atoms with Gasteiger partial charge in [0.1, 0.15) is 13.1 Å². The number of carbonyl (C=O) groups excluding carboxylic acids is 3. The number of urea groups is 1. The SMILES string of the molecule is O=C1CN(C(=O)NCC2CCCC2C(=O)O)CC(=O)N1. The van der Waals surface area contributed by atoms with Crippen LogP contribution in [0.4, 0.5) is 4.79 Å². The van der Waals surface area contributed by atoms with Crippen LogP contribution in [0.15, 0.2) is 0 Å². The van der Waals surface area contributed by atoms with Crippen LogP contribution >= 0.6 is 0 Å². The predicted octanol–water partition coefficient (Wildman–Crippen LogP) is -0.845. The highest BCUT2D eigenvalue weighted by molar-refractivity contribution is 6.02. The van der Waals surface area contributed by atoms with Crippen molar-refractivity contribution >= 4 is 23.8 Å². The fourth-order valence-electron chi connectivity index (χ4n) is 2.72. The highest BCUT2D eigenvalue weighted by Gasteiger charge is 2.33. The van der Waals surface area contributed by atoms with Crippen molar-refractivity contribution in [2.24, 2.45) is 11.8 Å². The predicted molar refractivity (Wildman–Crippen MR) is 66.6 cm³/mol. The van der Waals surface area contributed by atoms with Crippen molar-refractivity contribution in [3.05, 3.63) is 0 Å². The number of aliphatic carboxylic acids is 1. The highest BCUT2D eigenvalue weighted by atomic mass is 16.4. The number of nitrogens with zero attached hydrogens (tertiary/aromatic N) is 1. The molecule has 0 bridgehead atoms. The smallest absolute Gasteiger partial charge is 0.318 e. The van der Waals surface area contributed by atoms with Crippen LogP contribution in [0.3, 0.4) is 0 Å². The minimum absolute atomic E-state index is 0.0919. The second kappa shape index (κ2) is 5.89. The molecule has 1 heterocycles. The van der Waals surface area contributed by atoms with Gasteiger partial charge in [-0.25, -0.2) is 4.79 Å². The van der Waals surface area contributed by atoms with Crippen LogP contribution in [0, 0.1) is 11.8 Å². The Morgan fingerprint density at radius 2 is 1.90 bits per heavy atom. The third kappa shape index (κ3) is 3.25. The number of rotatable bonds is 3. The van der Waals surface area contributed by atoms with E-state index in [4.69, 9.17) is 5.11 Å². The molecule has 0 spiro atoms. The molecule has 110 valence electrons. The summed E-state index contributed by atoms with van der Waals surface area (Å²) in [7, 11) is 0. The molecule has 0 radical (unpaired) electrons. The molecule has 2 unspecified atom stereocenters. The Labute approximate surface area is 115 Å². The second-order valence-electron chi connectivity index (χ2n) is 5.15. The molecule has 3 N–H and O–H groups in total. The van der Waals surface area contributed by atoms with Gasteiger partial charge in [-0.05, 0) is 18.8 Å². The lowest BCUT2D eigenvalue weighted by atomic mass is 9.96. The number of carboxylic acids is 1. The molecule has 2 atom stereocenters. The van der Waals surface area contributed by atoms with Gasteiger partial charge in [-0.2, -0.15) is 0 Å². The van der Waals surface area contributed by atoms with Crippen molar-refractivity contribution in [1.29, 1.82) is 0 Å². The molecular formula is C12H17N3O5. The summed E-state index contributed by atoms with van der Waals surface area (Å²) >= 11 is 0. The maximum absolute atomic E-state index is 11.9. The molecule has 1 saturated heterocycles. The topological polar surface area (TPSA) is 116 Å². The van der Waals surface area contributed by atoms with Crippen LogP contribution in [0.25, 0.3) is 0 Å². The summed E-state index contributed by atoms with van der Waals surface area (Å²) in [5.41, 5.74) is 0. The van der Waals surface area contributed by atoms with Gasteiger partial charge in [0.25, 0.3) is 0 Å². The fourth-order valence-corrected chi connectivity index (χ4v) is 2.72. The average Bonchev–Trinajstić information content (AvgIpc) is 2.83. The third-order valence-corrected chi connectivity index (χ3v) is 3.73. The number of imide groups is 1. The Bertz CT molecular complexity index is 434. The lowest BCUT2D eigenvalue weighted by Gasteiger charge is -2.26. The lowest BCUT2D eigenvalue weighted by molar-refractivity contribution is -0.143. The maximum atomic E-state index is 11.9. The van der Waals surface area contributed by atoms with E-state index in [2.05, 4.69) is 10.6 Å². The van der Waals surface area contributed by atoms with E-state index in [9.17, 15) is 19.2 Å². The van der Waals surface area contributed by atoms with E-state index in [1.165, 1.54) is 0 Å². The Morgan fingerprint density at radius 1 is 1.25 bits per heavy atom. The number of hydrogen-bond acceptors (Lipinski definition) is 4. The lowest BCUT2D eigenvalue weighted by Crippen LogP contribution is -2.56. The monoisotopic (exact) mass is 283 g/mol. The zero-order chi connectivity index (χ0) is 14.7. The van der Waals surface area contributed by atoms with E-state index in [1.807, 2.05) is 0 Å². The highest BCUT2D eigenvalue weighted by Crippen LogP contribution is 2.31. The molecule has 1 saturated carbocycles. The van der Waals surface area contributed by atoms with Crippen molar-refractivity contribution in [3.63, 3.8) is 0 Å². The molecular weight excluding hydrogens is 266 g/mol. The quantitative estimate of drug-likeness (QED) is 0.584. The standard InChI is InChI=1S/C12H17N3O5/c16-9-5-15(6-10(17)14-9)12(20)13-4-7-2-1-3-8(7)11(18)19/h7-8H,1-6H2,(H,13,20)(H,18,19)(H,14,16,17). The van der Waals surface area contributed by atoms with Gasteiger partial charge in [-0.1, -0.05) is 6.42 Å². The summed E-state index contributed by atoms with van der Waals surface area (Å²) in [5.74, 6) is -2.39. The number of carboxylic acid groups (broad SMARTS) is 1. The van der Waals surface area contributed by atoms with Gasteiger partial charge < -0.3 is 15.3 Å². The third-order valence-electron chi connectivity index (χ3n) is 3.73. The number of piperazine rings is 1. The Kier molecular flexibility index (Phi) is 4.21. The molecule has 0 aromatic heterocycles. The summed E-state index contributed by atoms with van der Waals surface area (Å²) in [6.45, 7) is -0.0721. The van der Waals surface area contributed by atoms with Gasteiger partial charge in [-0.15, -0.1) is 0 Å². The van der Waals surface area contributed by atoms with E-state index in [1.54, 1.807) is 0 Å². The molecule has 4 amide bonds. The summed E-state index contributed by atoms with van der Waals surface area (Å²) in [6, 6.07) is -0.510. The van der Waals surface area contributed by atoms with E-state index in [0.29, 0.717) is 6.42 Å². The first-order valence-corrected chi connectivity index (χ1v) is 6.55. The molecule has 8 nitrogen and oxygen atoms in total. The van der Waals surface area contributed by atoms with Crippen molar-refractivity contribution < 1.29 is 24.3 Å². The second-order valence-corrected chi connectivity index (χ2v) is 5.15. The number of amides is 4. The van der Waals surface area contributed by atoms with Gasteiger partial charge in [0.2, 0.25) is 11.8 Å². The summed E-state index contributed by atoms with van der Waals surface area (Å²) < 4.78 is 0. The van der Waals surface area contributed by atoms with Gasteiger partial charge in [0, 0.05) is 6.54 Å². The molecule has 2 fully saturated rings. The summed E-state index contributed by atoms with van der Waals surface area (Å²) in [4.78, 5) is 46.3. The zero-order valence-corrected chi connectivity index (χ0v) is 10.9. The minimum Gasteiger partial charge on any atom is -0.481 e. The molecule has 2 aliphatic rings. The van der Waals surface area contributed by atoms with Gasteiger partial charge in [0.15, 0.2) is 0 Å². The molecule has 1 aliphatic heterocycles. The number of hydrogen-bond donors (Lipinski definition) is 3. The van der Waals surface area contributed by atoms with Crippen LogP contribution < -0.4 is 10.6 Å². The van der Waals surface area contributed by atoms with Crippen LogP contribution in [0.5, 0.6) is 0 Å². The van der Waals surface area contributed by atoms with Crippen LogP contribution in [-0.4, -0.2) is 53.5 Å². The average molecular weight is 283 g/mol. The first kappa shape index (κ1) is 14.3. The fraction of sp³-hybridized carbons (Fsp3) is 0.667. The number of nitrogens with one attached hydrogen (secondary N) is 2. The normalized spacial score (nSPS) is 26.3. The first-order chi connectivity index (χ1) is 9.47. The van der Waals surface area contributed by atoms with E-state index >= 15 is 0 Å². The summed E-state index contributed by atoms with van der Waals surface area (Å²) in [5, 5.41) is 13.8. The van der Waals surface area contributed by atoms with Gasteiger partial charge in [0.05, 0.1) is 5.92 Å². The largest absolute Gasteiger partial charge is 0.481 e. The molecule has 0 aromatic carbocycles. The molecule has 20 heavy (non-hydrogen) atoms. The van der Waals surface area contributed by atoms with Crippen molar-refractivity contribution in [1.82, 2.24) is 15.5 Å². The van der Waals surface area contributed by atoms with Crippen LogP contribution in [0.2, 0.25) is 0 Å². The van der Waals surface area contributed by atoms with E-state index in [0.717, 1.165) is 17.7 Å². The summed E-state index contributed by atoms with van der Waals surface area (Å²) in [6.07, 6.45) is 2.22. The number of carbonyl (C=O) groups is 4. The van der Waals surface area contributed by atoms with Crippen molar-refractivity contribution in [2.75, 3.05) is 19.6 Å². The maximum Gasteiger partial charge on any atom is 0.318 e. The molecule has 1 aliphatic carbocycles. The van der Waals surface area contributed by atoms with Gasteiger partial charge >= 0.3 is 12.0 Å². The zero-order valence-electron chi connectivity index (χ0n) is 10.9. The minimum atomic E-state index is -0.839. The Morgan fingerprint density at radius 3 is 2.50 bits per heavy atom. The molecule has 0 aromatic rings. The van der Waals surface area contributed by atoms with E-state index < -0.39 is 29.7 Å². The van der Waals surface area contributed by atoms with Crippen LogP contribution in [0.1, 0.15) is 19.3 Å². The van der Waals surface area contributed by atoms with Crippen LogP contribution in [-0.2, 0) is 14.4 Å².